The Bertz CT molecular complexity index is 413. The summed E-state index contributed by atoms with van der Waals surface area (Å²) in [5.41, 5.74) is 0.562. The Hall–Kier alpha value is -0.580. The molecular weight excluding hydrogens is 272 g/mol. The SMILES string of the molecule is O[C@@H]1CC2(CCOC2)Oc2ccc(Br)cc21. The molecule has 0 aliphatic carbocycles. The number of benzene rings is 1. The summed E-state index contributed by atoms with van der Waals surface area (Å²) in [5, 5.41) is 10.2. The highest BCUT2D eigenvalue weighted by Crippen LogP contribution is 2.43. The van der Waals surface area contributed by atoms with Gasteiger partial charge in [0.15, 0.2) is 0 Å². The van der Waals surface area contributed by atoms with Crippen molar-refractivity contribution in [2.75, 3.05) is 13.2 Å². The van der Waals surface area contributed by atoms with Gasteiger partial charge in [0.1, 0.15) is 11.4 Å². The highest BCUT2D eigenvalue weighted by molar-refractivity contribution is 9.10. The van der Waals surface area contributed by atoms with Crippen LogP contribution in [0.5, 0.6) is 5.75 Å². The van der Waals surface area contributed by atoms with Crippen molar-refractivity contribution in [3.8, 4) is 5.75 Å². The number of halogens is 1. The van der Waals surface area contributed by atoms with Gasteiger partial charge in [-0.2, -0.15) is 0 Å². The third kappa shape index (κ3) is 1.65. The van der Waals surface area contributed by atoms with Gasteiger partial charge in [-0.15, -0.1) is 0 Å². The number of aliphatic hydroxyl groups excluding tert-OH is 1. The van der Waals surface area contributed by atoms with Crippen molar-refractivity contribution in [2.24, 2.45) is 0 Å². The normalized spacial score (nSPS) is 32.5. The first-order chi connectivity index (χ1) is 7.69. The summed E-state index contributed by atoms with van der Waals surface area (Å²) in [5.74, 6) is 0.785. The van der Waals surface area contributed by atoms with Crippen molar-refractivity contribution >= 4 is 15.9 Å². The third-order valence-electron chi connectivity index (χ3n) is 3.29. The van der Waals surface area contributed by atoms with Gasteiger partial charge < -0.3 is 14.6 Å². The molecule has 1 unspecified atom stereocenters. The molecule has 0 amide bonds. The van der Waals surface area contributed by atoms with Crippen LogP contribution in [0.3, 0.4) is 0 Å². The van der Waals surface area contributed by atoms with Crippen LogP contribution in [0.25, 0.3) is 0 Å². The summed E-state index contributed by atoms with van der Waals surface area (Å²) in [4.78, 5) is 0. The molecule has 2 atom stereocenters. The summed E-state index contributed by atoms with van der Waals surface area (Å²) >= 11 is 3.40. The van der Waals surface area contributed by atoms with E-state index in [1.54, 1.807) is 0 Å². The predicted molar refractivity (Wildman–Crippen MR) is 62.5 cm³/mol. The van der Waals surface area contributed by atoms with Crippen molar-refractivity contribution in [1.29, 1.82) is 0 Å². The van der Waals surface area contributed by atoms with E-state index < -0.39 is 6.10 Å². The van der Waals surface area contributed by atoms with Crippen LogP contribution in [0, 0.1) is 0 Å². The predicted octanol–water partition coefficient (Wildman–Crippen LogP) is 2.42. The van der Waals surface area contributed by atoms with Crippen LogP contribution in [0.4, 0.5) is 0 Å². The molecule has 3 nitrogen and oxygen atoms in total. The maximum atomic E-state index is 10.2. The maximum Gasteiger partial charge on any atom is 0.137 e. The molecule has 16 heavy (non-hydrogen) atoms. The largest absolute Gasteiger partial charge is 0.484 e. The van der Waals surface area contributed by atoms with Crippen LogP contribution >= 0.6 is 15.9 Å². The fraction of sp³-hybridized carbons (Fsp3) is 0.500. The van der Waals surface area contributed by atoms with Crippen LogP contribution in [0.15, 0.2) is 22.7 Å². The van der Waals surface area contributed by atoms with Gasteiger partial charge in [-0.25, -0.2) is 0 Å². The molecule has 2 aliphatic heterocycles. The van der Waals surface area contributed by atoms with E-state index in [1.165, 1.54) is 0 Å². The molecule has 86 valence electrons. The standard InChI is InChI=1S/C12H13BrO3/c13-8-1-2-11-9(5-8)10(14)6-12(16-11)3-4-15-7-12/h1-2,5,10,14H,3-4,6-7H2/t10-,12?/m1/s1. The minimum atomic E-state index is -0.456. The van der Waals surface area contributed by atoms with E-state index in [-0.39, 0.29) is 5.60 Å². The average Bonchev–Trinajstić information content (AvgIpc) is 2.68. The number of ether oxygens (including phenoxy) is 2. The Labute approximate surface area is 102 Å². The van der Waals surface area contributed by atoms with Crippen molar-refractivity contribution in [1.82, 2.24) is 0 Å². The minimum absolute atomic E-state index is 0.305. The van der Waals surface area contributed by atoms with E-state index in [9.17, 15) is 5.11 Å². The second kappa shape index (κ2) is 3.72. The Kier molecular flexibility index (Phi) is 2.46. The molecular formula is C12H13BrO3. The number of hydrogen-bond acceptors (Lipinski definition) is 3. The fourth-order valence-electron chi connectivity index (χ4n) is 2.44. The second-order valence-corrected chi connectivity index (χ2v) is 5.41. The Morgan fingerprint density at radius 2 is 2.31 bits per heavy atom. The van der Waals surface area contributed by atoms with Gasteiger partial charge in [0.25, 0.3) is 0 Å². The number of rotatable bonds is 0. The first-order valence-electron chi connectivity index (χ1n) is 5.43. The van der Waals surface area contributed by atoms with E-state index in [0.717, 1.165) is 28.8 Å². The van der Waals surface area contributed by atoms with E-state index in [2.05, 4.69) is 15.9 Å². The van der Waals surface area contributed by atoms with Crippen molar-refractivity contribution in [3.05, 3.63) is 28.2 Å². The Balaban J connectivity index is 1.99. The molecule has 0 aromatic heterocycles. The summed E-state index contributed by atoms with van der Waals surface area (Å²) in [6, 6.07) is 5.75. The lowest BCUT2D eigenvalue weighted by Crippen LogP contribution is -2.41. The van der Waals surface area contributed by atoms with Crippen molar-refractivity contribution in [3.63, 3.8) is 0 Å². The number of fused-ring (bicyclic) bond motifs is 1. The zero-order chi connectivity index (χ0) is 11.2. The summed E-state index contributed by atoms with van der Waals surface area (Å²) in [6.45, 7) is 1.30. The lowest BCUT2D eigenvalue weighted by Gasteiger charge is -2.37. The van der Waals surface area contributed by atoms with E-state index in [4.69, 9.17) is 9.47 Å². The Morgan fingerprint density at radius 1 is 1.44 bits per heavy atom. The van der Waals surface area contributed by atoms with Gasteiger partial charge in [0, 0.05) is 22.9 Å². The van der Waals surface area contributed by atoms with Crippen LogP contribution in [-0.2, 0) is 4.74 Å². The van der Waals surface area contributed by atoms with Gasteiger partial charge in [-0.3, -0.25) is 0 Å². The average molecular weight is 285 g/mol. The smallest absolute Gasteiger partial charge is 0.137 e. The van der Waals surface area contributed by atoms with Gasteiger partial charge in [0.2, 0.25) is 0 Å². The molecule has 1 N–H and O–H groups in total. The second-order valence-electron chi connectivity index (χ2n) is 4.49. The highest BCUT2D eigenvalue weighted by Gasteiger charge is 2.43. The summed E-state index contributed by atoms with van der Waals surface area (Å²) in [7, 11) is 0. The van der Waals surface area contributed by atoms with Gasteiger partial charge >= 0.3 is 0 Å². The molecule has 3 rings (SSSR count). The lowest BCUT2D eigenvalue weighted by atomic mass is 9.88. The van der Waals surface area contributed by atoms with Gasteiger partial charge in [-0.05, 0) is 18.2 Å². The quantitative estimate of drug-likeness (QED) is 0.795. The summed E-state index contributed by atoms with van der Waals surface area (Å²) in [6.07, 6.45) is 1.03. The molecule has 1 aromatic carbocycles. The monoisotopic (exact) mass is 284 g/mol. The molecule has 4 heteroatoms. The molecule has 1 aromatic rings. The highest BCUT2D eigenvalue weighted by atomic mass is 79.9. The zero-order valence-corrected chi connectivity index (χ0v) is 10.4. The molecule has 0 radical (unpaired) electrons. The molecule has 0 saturated carbocycles. The van der Waals surface area contributed by atoms with E-state index in [0.29, 0.717) is 13.0 Å². The number of aliphatic hydroxyl groups is 1. The van der Waals surface area contributed by atoms with E-state index >= 15 is 0 Å². The van der Waals surface area contributed by atoms with Gasteiger partial charge in [0.05, 0.1) is 19.3 Å². The maximum absolute atomic E-state index is 10.2. The minimum Gasteiger partial charge on any atom is -0.484 e. The van der Waals surface area contributed by atoms with Crippen molar-refractivity contribution in [2.45, 2.75) is 24.5 Å². The van der Waals surface area contributed by atoms with E-state index in [1.807, 2.05) is 18.2 Å². The van der Waals surface area contributed by atoms with Crippen molar-refractivity contribution < 1.29 is 14.6 Å². The molecule has 1 saturated heterocycles. The Morgan fingerprint density at radius 3 is 3.06 bits per heavy atom. The van der Waals surface area contributed by atoms with Crippen LogP contribution < -0.4 is 4.74 Å². The number of hydrogen-bond donors (Lipinski definition) is 1. The third-order valence-corrected chi connectivity index (χ3v) is 3.78. The lowest BCUT2D eigenvalue weighted by molar-refractivity contribution is -0.0194. The zero-order valence-electron chi connectivity index (χ0n) is 8.78. The van der Waals surface area contributed by atoms with Gasteiger partial charge in [-0.1, -0.05) is 15.9 Å². The molecule has 2 heterocycles. The fourth-order valence-corrected chi connectivity index (χ4v) is 2.82. The van der Waals surface area contributed by atoms with Crippen LogP contribution in [-0.4, -0.2) is 23.9 Å². The summed E-state index contributed by atoms with van der Waals surface area (Å²) < 4.78 is 12.3. The van der Waals surface area contributed by atoms with Crippen LogP contribution in [0.2, 0.25) is 0 Å². The first-order valence-corrected chi connectivity index (χ1v) is 6.22. The molecule has 1 fully saturated rings. The topological polar surface area (TPSA) is 38.7 Å². The molecule has 0 bridgehead atoms. The molecule has 2 aliphatic rings. The van der Waals surface area contributed by atoms with Crippen LogP contribution in [0.1, 0.15) is 24.5 Å². The molecule has 1 spiro atoms. The first kappa shape index (κ1) is 10.6.